The molecule has 2 N–H and O–H groups in total. The Kier molecular flexibility index (Phi) is 4.58. The van der Waals surface area contributed by atoms with E-state index in [0.29, 0.717) is 11.3 Å². The number of nitrogens with one attached hydrogen (secondary N) is 1. The molecule has 5 heteroatoms. The summed E-state index contributed by atoms with van der Waals surface area (Å²) in [4.78, 5) is 25.0. The minimum atomic E-state index is -0.837. The van der Waals surface area contributed by atoms with Crippen molar-refractivity contribution in [3.8, 4) is 0 Å². The highest BCUT2D eigenvalue weighted by Crippen LogP contribution is 2.30. The van der Waals surface area contributed by atoms with Gasteiger partial charge in [0.2, 0.25) is 0 Å². The van der Waals surface area contributed by atoms with Gasteiger partial charge in [-0.05, 0) is 37.3 Å². The molecule has 0 fully saturated rings. The first-order chi connectivity index (χ1) is 9.11. The van der Waals surface area contributed by atoms with Crippen LogP contribution in [0.4, 0.5) is 0 Å². The first-order valence-electron chi connectivity index (χ1n) is 6.74. The molecule has 0 saturated heterocycles. The summed E-state index contributed by atoms with van der Waals surface area (Å²) in [5.74, 6) is -1.46. The van der Waals surface area contributed by atoms with Crippen molar-refractivity contribution in [3.05, 3.63) is 21.4 Å². The van der Waals surface area contributed by atoms with Crippen LogP contribution >= 0.6 is 11.3 Å². The number of hydrogen-bond donors (Lipinski definition) is 2. The SMILES string of the molecule is CCCC(CNC(=O)c1cc2c(s1)CCC2)C(=O)O. The second-order valence-electron chi connectivity index (χ2n) is 4.95. The van der Waals surface area contributed by atoms with Gasteiger partial charge < -0.3 is 10.4 Å². The van der Waals surface area contributed by atoms with Crippen LogP contribution in [0.5, 0.6) is 0 Å². The molecule has 1 aliphatic rings. The van der Waals surface area contributed by atoms with E-state index in [1.54, 1.807) is 11.3 Å². The number of carboxylic acid groups (broad SMARTS) is 1. The first kappa shape index (κ1) is 14.1. The number of fused-ring (bicyclic) bond motifs is 1. The maximum Gasteiger partial charge on any atom is 0.308 e. The van der Waals surface area contributed by atoms with E-state index in [1.165, 1.54) is 16.9 Å². The Hall–Kier alpha value is -1.36. The third kappa shape index (κ3) is 3.35. The van der Waals surface area contributed by atoms with Crippen LogP contribution in [-0.4, -0.2) is 23.5 Å². The van der Waals surface area contributed by atoms with Crippen molar-refractivity contribution in [2.75, 3.05) is 6.54 Å². The Balaban J connectivity index is 1.91. The molecule has 1 aliphatic carbocycles. The van der Waals surface area contributed by atoms with Crippen LogP contribution in [0.3, 0.4) is 0 Å². The molecule has 1 amide bonds. The first-order valence-corrected chi connectivity index (χ1v) is 7.56. The predicted molar refractivity (Wildman–Crippen MR) is 74.7 cm³/mol. The van der Waals surface area contributed by atoms with Crippen LogP contribution in [0.1, 0.15) is 46.3 Å². The van der Waals surface area contributed by atoms with Crippen LogP contribution in [0.2, 0.25) is 0 Å². The van der Waals surface area contributed by atoms with Crippen molar-refractivity contribution in [1.29, 1.82) is 0 Å². The molecule has 104 valence electrons. The zero-order valence-electron chi connectivity index (χ0n) is 11.1. The van der Waals surface area contributed by atoms with Gasteiger partial charge in [-0.25, -0.2) is 0 Å². The summed E-state index contributed by atoms with van der Waals surface area (Å²) in [6.07, 6.45) is 4.71. The molecular formula is C14H19NO3S. The monoisotopic (exact) mass is 281 g/mol. The Morgan fingerprint density at radius 2 is 2.26 bits per heavy atom. The quantitative estimate of drug-likeness (QED) is 0.841. The highest BCUT2D eigenvalue weighted by Gasteiger charge is 2.21. The van der Waals surface area contributed by atoms with E-state index in [9.17, 15) is 9.59 Å². The van der Waals surface area contributed by atoms with Crippen molar-refractivity contribution < 1.29 is 14.7 Å². The Labute approximate surface area is 116 Å². The predicted octanol–water partition coefficient (Wildman–Crippen LogP) is 2.47. The van der Waals surface area contributed by atoms with E-state index in [4.69, 9.17) is 5.11 Å². The van der Waals surface area contributed by atoms with Crippen molar-refractivity contribution in [2.45, 2.75) is 39.0 Å². The van der Waals surface area contributed by atoms with E-state index in [0.717, 1.165) is 19.3 Å². The smallest absolute Gasteiger partial charge is 0.308 e. The van der Waals surface area contributed by atoms with Crippen molar-refractivity contribution in [1.82, 2.24) is 5.32 Å². The second kappa shape index (κ2) is 6.19. The molecule has 2 rings (SSSR count). The normalized spacial score (nSPS) is 15.0. The van der Waals surface area contributed by atoms with Gasteiger partial charge in [0.25, 0.3) is 5.91 Å². The van der Waals surface area contributed by atoms with E-state index < -0.39 is 11.9 Å². The van der Waals surface area contributed by atoms with Gasteiger partial charge in [-0.1, -0.05) is 13.3 Å². The van der Waals surface area contributed by atoms with E-state index in [-0.39, 0.29) is 12.5 Å². The lowest BCUT2D eigenvalue weighted by Gasteiger charge is -2.11. The summed E-state index contributed by atoms with van der Waals surface area (Å²) < 4.78 is 0. The van der Waals surface area contributed by atoms with Gasteiger partial charge in [0.1, 0.15) is 0 Å². The maximum absolute atomic E-state index is 12.0. The number of carbonyl (C=O) groups excluding carboxylic acids is 1. The van der Waals surface area contributed by atoms with Gasteiger partial charge >= 0.3 is 5.97 Å². The third-order valence-corrected chi connectivity index (χ3v) is 4.70. The number of thiophene rings is 1. The molecule has 1 aromatic heterocycles. The molecule has 19 heavy (non-hydrogen) atoms. The third-order valence-electron chi connectivity index (χ3n) is 3.47. The number of rotatable bonds is 6. The van der Waals surface area contributed by atoms with Gasteiger partial charge in [-0.15, -0.1) is 11.3 Å². The topological polar surface area (TPSA) is 66.4 Å². The Morgan fingerprint density at radius 3 is 2.89 bits per heavy atom. The van der Waals surface area contributed by atoms with Gasteiger partial charge in [0.05, 0.1) is 10.8 Å². The van der Waals surface area contributed by atoms with Crippen LogP contribution in [0.25, 0.3) is 0 Å². The zero-order valence-corrected chi connectivity index (χ0v) is 11.9. The second-order valence-corrected chi connectivity index (χ2v) is 6.08. The van der Waals surface area contributed by atoms with Crippen LogP contribution < -0.4 is 5.32 Å². The average Bonchev–Trinajstić information content (AvgIpc) is 2.94. The summed E-state index contributed by atoms with van der Waals surface area (Å²) in [5.41, 5.74) is 1.29. The van der Waals surface area contributed by atoms with Crippen LogP contribution in [0, 0.1) is 5.92 Å². The van der Waals surface area contributed by atoms with Gasteiger partial charge in [-0.3, -0.25) is 9.59 Å². The number of aliphatic carboxylic acids is 1. The van der Waals surface area contributed by atoms with E-state index in [2.05, 4.69) is 5.32 Å². The number of amides is 1. The Morgan fingerprint density at radius 1 is 1.47 bits per heavy atom. The van der Waals surface area contributed by atoms with E-state index >= 15 is 0 Å². The molecule has 1 heterocycles. The summed E-state index contributed by atoms with van der Waals surface area (Å²) >= 11 is 1.54. The summed E-state index contributed by atoms with van der Waals surface area (Å²) in [6, 6.07) is 1.96. The number of carboxylic acids is 1. The van der Waals surface area contributed by atoms with E-state index in [1.807, 2.05) is 13.0 Å². The molecule has 1 unspecified atom stereocenters. The minimum Gasteiger partial charge on any atom is -0.481 e. The van der Waals surface area contributed by atoms with Crippen molar-refractivity contribution in [2.24, 2.45) is 5.92 Å². The molecule has 0 aromatic carbocycles. The highest BCUT2D eigenvalue weighted by atomic mass is 32.1. The fourth-order valence-corrected chi connectivity index (χ4v) is 3.58. The lowest BCUT2D eigenvalue weighted by molar-refractivity contribution is -0.141. The van der Waals surface area contributed by atoms with Crippen LogP contribution in [0.15, 0.2) is 6.07 Å². The molecule has 0 saturated carbocycles. The molecule has 0 bridgehead atoms. The summed E-state index contributed by atoms with van der Waals surface area (Å²) in [6.45, 7) is 2.16. The van der Waals surface area contributed by atoms with Gasteiger partial charge in [-0.2, -0.15) is 0 Å². The lowest BCUT2D eigenvalue weighted by Crippen LogP contribution is -2.32. The molecular weight excluding hydrogens is 262 g/mol. The fraction of sp³-hybridized carbons (Fsp3) is 0.571. The average molecular weight is 281 g/mol. The molecule has 1 atom stereocenters. The molecule has 0 spiro atoms. The highest BCUT2D eigenvalue weighted by molar-refractivity contribution is 7.14. The number of aryl methyl sites for hydroxylation is 2. The minimum absolute atomic E-state index is 0.137. The number of carbonyl (C=O) groups is 2. The molecule has 0 radical (unpaired) electrons. The maximum atomic E-state index is 12.0. The molecule has 0 aliphatic heterocycles. The fourth-order valence-electron chi connectivity index (χ4n) is 2.41. The van der Waals surface area contributed by atoms with Crippen LogP contribution in [-0.2, 0) is 17.6 Å². The lowest BCUT2D eigenvalue weighted by atomic mass is 10.0. The summed E-state index contributed by atoms with van der Waals surface area (Å²) in [5, 5.41) is 11.8. The molecule has 4 nitrogen and oxygen atoms in total. The zero-order chi connectivity index (χ0) is 13.8. The van der Waals surface area contributed by atoms with Crippen molar-refractivity contribution in [3.63, 3.8) is 0 Å². The largest absolute Gasteiger partial charge is 0.481 e. The summed E-state index contributed by atoms with van der Waals surface area (Å²) in [7, 11) is 0. The number of hydrogen-bond acceptors (Lipinski definition) is 3. The standard InChI is InChI=1S/C14H19NO3S/c1-2-4-10(14(17)18)8-15-13(16)12-7-9-5-3-6-11(9)19-12/h7,10H,2-6,8H2,1H3,(H,15,16)(H,17,18). The Bertz CT molecular complexity index is 460. The van der Waals surface area contributed by atoms with Gasteiger partial charge in [0.15, 0.2) is 0 Å². The molecule has 1 aromatic rings. The van der Waals surface area contributed by atoms with Gasteiger partial charge in [0, 0.05) is 11.4 Å². The van der Waals surface area contributed by atoms with Crippen molar-refractivity contribution >= 4 is 23.2 Å².